The lowest BCUT2D eigenvalue weighted by Gasteiger charge is -2.11. The third-order valence-electron chi connectivity index (χ3n) is 3.74. The van der Waals surface area contributed by atoms with Crippen LogP contribution in [0.4, 0.5) is 0 Å². The fraction of sp³-hybridized carbons (Fsp3) is 0.278. The molecule has 0 unspecified atom stereocenters. The van der Waals surface area contributed by atoms with E-state index in [1.165, 1.54) is 0 Å². The first-order chi connectivity index (χ1) is 10.8. The summed E-state index contributed by atoms with van der Waals surface area (Å²) in [6.45, 7) is 3.43. The zero-order valence-electron chi connectivity index (χ0n) is 12.7. The number of ether oxygens (including phenoxy) is 1. The molecule has 0 saturated carbocycles. The summed E-state index contributed by atoms with van der Waals surface area (Å²) in [5.41, 5.74) is 3.18. The first-order valence-corrected chi connectivity index (χ1v) is 7.53. The van der Waals surface area contributed by atoms with Gasteiger partial charge in [-0.05, 0) is 30.7 Å². The van der Waals surface area contributed by atoms with Crippen molar-refractivity contribution in [2.75, 3.05) is 13.2 Å². The molecule has 0 amide bonds. The predicted octanol–water partition coefficient (Wildman–Crippen LogP) is 2.96. The topological polar surface area (TPSA) is 47.3 Å². The summed E-state index contributed by atoms with van der Waals surface area (Å²) < 4.78 is 8.01. The van der Waals surface area contributed by atoms with Gasteiger partial charge in [-0.25, -0.2) is 4.98 Å². The molecule has 3 rings (SSSR count). The SMILES string of the molecule is Cc1ccccc1OCCn1c(CCO)nc2ccccc21. The van der Waals surface area contributed by atoms with Crippen molar-refractivity contribution in [1.82, 2.24) is 9.55 Å². The second-order valence-corrected chi connectivity index (χ2v) is 5.26. The Morgan fingerprint density at radius 2 is 1.86 bits per heavy atom. The molecule has 0 atom stereocenters. The van der Waals surface area contributed by atoms with Gasteiger partial charge in [-0.2, -0.15) is 0 Å². The van der Waals surface area contributed by atoms with Crippen LogP contribution in [-0.4, -0.2) is 27.9 Å². The molecule has 0 spiro atoms. The normalized spacial score (nSPS) is 11.0. The Labute approximate surface area is 130 Å². The van der Waals surface area contributed by atoms with Crippen molar-refractivity contribution in [2.45, 2.75) is 19.9 Å². The van der Waals surface area contributed by atoms with Gasteiger partial charge in [0.2, 0.25) is 0 Å². The molecule has 1 aromatic heterocycles. The third kappa shape index (κ3) is 2.97. The summed E-state index contributed by atoms with van der Waals surface area (Å²) in [5.74, 6) is 1.81. The molecular weight excluding hydrogens is 276 g/mol. The second kappa shape index (κ2) is 6.62. The number of aliphatic hydroxyl groups is 1. The molecule has 0 radical (unpaired) electrons. The largest absolute Gasteiger partial charge is 0.491 e. The predicted molar refractivity (Wildman–Crippen MR) is 87.2 cm³/mol. The van der Waals surface area contributed by atoms with Gasteiger partial charge >= 0.3 is 0 Å². The van der Waals surface area contributed by atoms with Crippen LogP contribution in [-0.2, 0) is 13.0 Å². The molecule has 1 heterocycles. The van der Waals surface area contributed by atoms with Crippen LogP contribution in [0.3, 0.4) is 0 Å². The van der Waals surface area contributed by atoms with Crippen molar-refractivity contribution in [2.24, 2.45) is 0 Å². The number of para-hydroxylation sites is 3. The standard InChI is InChI=1S/C18H20N2O2/c1-14-6-2-5-9-17(14)22-13-11-20-16-8-4-3-7-15(16)19-18(20)10-12-21/h2-9,21H,10-13H2,1H3. The highest BCUT2D eigenvalue weighted by Gasteiger charge is 2.10. The van der Waals surface area contributed by atoms with E-state index in [0.717, 1.165) is 28.2 Å². The number of aromatic nitrogens is 2. The maximum Gasteiger partial charge on any atom is 0.122 e. The molecule has 3 aromatic rings. The van der Waals surface area contributed by atoms with E-state index in [0.29, 0.717) is 19.6 Å². The third-order valence-corrected chi connectivity index (χ3v) is 3.74. The Hall–Kier alpha value is -2.33. The molecule has 0 aliphatic rings. The van der Waals surface area contributed by atoms with Gasteiger partial charge in [0.15, 0.2) is 0 Å². The molecule has 22 heavy (non-hydrogen) atoms. The van der Waals surface area contributed by atoms with Crippen molar-refractivity contribution in [3.05, 3.63) is 59.9 Å². The number of aryl methyl sites for hydroxylation is 1. The first-order valence-electron chi connectivity index (χ1n) is 7.53. The van der Waals surface area contributed by atoms with Gasteiger partial charge in [0.1, 0.15) is 18.2 Å². The van der Waals surface area contributed by atoms with Crippen molar-refractivity contribution in [3.8, 4) is 5.75 Å². The number of nitrogens with zero attached hydrogens (tertiary/aromatic N) is 2. The summed E-state index contributed by atoms with van der Waals surface area (Å²) in [7, 11) is 0. The minimum absolute atomic E-state index is 0.0992. The number of hydrogen-bond acceptors (Lipinski definition) is 3. The quantitative estimate of drug-likeness (QED) is 0.761. The van der Waals surface area contributed by atoms with E-state index < -0.39 is 0 Å². The Bertz CT molecular complexity index is 765. The highest BCUT2D eigenvalue weighted by Crippen LogP contribution is 2.18. The Balaban J connectivity index is 1.78. The molecule has 4 nitrogen and oxygen atoms in total. The van der Waals surface area contributed by atoms with Gasteiger partial charge in [-0.3, -0.25) is 0 Å². The second-order valence-electron chi connectivity index (χ2n) is 5.26. The number of fused-ring (bicyclic) bond motifs is 1. The van der Waals surface area contributed by atoms with Gasteiger partial charge in [0.25, 0.3) is 0 Å². The monoisotopic (exact) mass is 296 g/mol. The van der Waals surface area contributed by atoms with E-state index in [4.69, 9.17) is 4.74 Å². The average molecular weight is 296 g/mol. The van der Waals surface area contributed by atoms with E-state index in [-0.39, 0.29) is 6.61 Å². The van der Waals surface area contributed by atoms with Gasteiger partial charge in [-0.1, -0.05) is 30.3 Å². The van der Waals surface area contributed by atoms with Gasteiger partial charge in [0, 0.05) is 6.42 Å². The maximum atomic E-state index is 9.22. The van der Waals surface area contributed by atoms with Crippen LogP contribution in [0.15, 0.2) is 48.5 Å². The minimum atomic E-state index is 0.0992. The molecule has 0 aliphatic carbocycles. The maximum absolute atomic E-state index is 9.22. The van der Waals surface area contributed by atoms with Gasteiger partial charge in [0.05, 0.1) is 24.2 Å². The van der Waals surface area contributed by atoms with Crippen LogP contribution >= 0.6 is 0 Å². The summed E-state index contributed by atoms with van der Waals surface area (Å²) in [6.07, 6.45) is 0.555. The summed E-state index contributed by atoms with van der Waals surface area (Å²) in [5, 5.41) is 9.22. The molecule has 0 saturated heterocycles. The van der Waals surface area contributed by atoms with Crippen molar-refractivity contribution < 1.29 is 9.84 Å². The van der Waals surface area contributed by atoms with Crippen LogP contribution in [0.5, 0.6) is 5.75 Å². The Morgan fingerprint density at radius 1 is 1.09 bits per heavy atom. The summed E-state index contributed by atoms with van der Waals surface area (Å²) in [4.78, 5) is 4.59. The van der Waals surface area contributed by atoms with E-state index in [9.17, 15) is 5.11 Å². The molecule has 0 aliphatic heterocycles. The minimum Gasteiger partial charge on any atom is -0.491 e. The van der Waals surface area contributed by atoms with E-state index in [1.807, 2.05) is 49.4 Å². The van der Waals surface area contributed by atoms with E-state index in [1.54, 1.807) is 0 Å². The lowest BCUT2D eigenvalue weighted by atomic mass is 10.2. The fourth-order valence-electron chi connectivity index (χ4n) is 2.63. The zero-order chi connectivity index (χ0) is 15.4. The molecule has 0 fully saturated rings. The highest BCUT2D eigenvalue weighted by atomic mass is 16.5. The van der Waals surface area contributed by atoms with E-state index in [2.05, 4.69) is 15.6 Å². The lowest BCUT2D eigenvalue weighted by molar-refractivity contribution is 0.283. The summed E-state index contributed by atoms with van der Waals surface area (Å²) in [6, 6.07) is 16.0. The highest BCUT2D eigenvalue weighted by molar-refractivity contribution is 5.75. The number of imidazole rings is 1. The van der Waals surface area contributed by atoms with Crippen molar-refractivity contribution in [1.29, 1.82) is 0 Å². The fourth-order valence-corrected chi connectivity index (χ4v) is 2.63. The van der Waals surface area contributed by atoms with E-state index >= 15 is 0 Å². The molecular formula is C18H20N2O2. The van der Waals surface area contributed by atoms with Crippen molar-refractivity contribution in [3.63, 3.8) is 0 Å². The summed E-state index contributed by atoms with van der Waals surface area (Å²) >= 11 is 0. The lowest BCUT2D eigenvalue weighted by Crippen LogP contribution is -2.12. The number of aliphatic hydroxyl groups excluding tert-OH is 1. The van der Waals surface area contributed by atoms with Crippen LogP contribution in [0, 0.1) is 6.92 Å². The number of hydrogen-bond donors (Lipinski definition) is 1. The van der Waals surface area contributed by atoms with Gasteiger partial charge in [-0.15, -0.1) is 0 Å². The average Bonchev–Trinajstić information content (AvgIpc) is 2.87. The zero-order valence-corrected chi connectivity index (χ0v) is 12.7. The molecule has 1 N–H and O–H groups in total. The molecule has 4 heteroatoms. The van der Waals surface area contributed by atoms with Crippen LogP contribution in [0.25, 0.3) is 11.0 Å². The van der Waals surface area contributed by atoms with Crippen molar-refractivity contribution >= 4 is 11.0 Å². The molecule has 114 valence electrons. The number of rotatable bonds is 6. The molecule has 0 bridgehead atoms. The smallest absolute Gasteiger partial charge is 0.122 e. The first kappa shape index (κ1) is 14.6. The Morgan fingerprint density at radius 3 is 2.68 bits per heavy atom. The van der Waals surface area contributed by atoms with Crippen LogP contribution < -0.4 is 4.74 Å². The van der Waals surface area contributed by atoms with Gasteiger partial charge < -0.3 is 14.4 Å². The Kier molecular flexibility index (Phi) is 4.39. The number of benzene rings is 2. The van der Waals surface area contributed by atoms with Crippen LogP contribution in [0.2, 0.25) is 0 Å². The molecule has 2 aromatic carbocycles. The van der Waals surface area contributed by atoms with Crippen LogP contribution in [0.1, 0.15) is 11.4 Å².